The van der Waals surface area contributed by atoms with Crippen molar-refractivity contribution in [2.24, 2.45) is 0 Å². The van der Waals surface area contributed by atoms with Gasteiger partial charge in [0.05, 0.1) is 6.61 Å². The van der Waals surface area contributed by atoms with E-state index in [1.165, 1.54) is 60.4 Å². The highest BCUT2D eigenvalue weighted by molar-refractivity contribution is 7.11. The van der Waals surface area contributed by atoms with E-state index >= 15 is 0 Å². The van der Waals surface area contributed by atoms with Crippen molar-refractivity contribution in [1.29, 1.82) is 0 Å². The van der Waals surface area contributed by atoms with Gasteiger partial charge < -0.3 is 9.84 Å². The molecule has 1 aromatic carbocycles. The molecule has 0 amide bonds. The summed E-state index contributed by atoms with van der Waals surface area (Å²) in [6.07, 6.45) is 13.5. The van der Waals surface area contributed by atoms with Gasteiger partial charge in [0.25, 0.3) is 0 Å². The highest BCUT2D eigenvalue weighted by Gasteiger charge is 2.24. The van der Waals surface area contributed by atoms with Crippen LogP contribution in [0.1, 0.15) is 81.2 Å². The van der Waals surface area contributed by atoms with Crippen LogP contribution in [0.4, 0.5) is 0 Å². The third kappa shape index (κ3) is 6.10. The Morgan fingerprint density at radius 2 is 1.97 bits per heavy atom. The minimum absolute atomic E-state index is 0.573. The molecule has 3 nitrogen and oxygen atoms in total. The summed E-state index contributed by atoms with van der Waals surface area (Å²) in [5.41, 5.74) is 5.80. The highest BCUT2D eigenvalue weighted by Crippen LogP contribution is 2.45. The molecule has 1 fully saturated rings. The predicted molar refractivity (Wildman–Crippen MR) is 131 cm³/mol. The minimum Gasteiger partial charge on any atom is -0.493 e. The summed E-state index contributed by atoms with van der Waals surface area (Å²) in [6.45, 7) is 6.89. The second kappa shape index (κ2) is 11.3. The fraction of sp³-hybridized carbons (Fsp3) is 0.444. The molecule has 3 rings (SSSR count). The van der Waals surface area contributed by atoms with Crippen molar-refractivity contribution >= 4 is 23.4 Å². The molecule has 1 aromatic heterocycles. The number of carboxylic acids is 1. The fourth-order valence-corrected chi connectivity index (χ4v) is 5.12. The quantitative estimate of drug-likeness (QED) is 0.320. The minimum atomic E-state index is -0.920. The summed E-state index contributed by atoms with van der Waals surface area (Å²) in [6, 6.07) is 6.83. The number of aryl methyl sites for hydroxylation is 1. The summed E-state index contributed by atoms with van der Waals surface area (Å²) in [5.74, 6) is 0.706. The number of aliphatic carboxylic acids is 1. The van der Waals surface area contributed by atoms with Gasteiger partial charge in [-0.1, -0.05) is 45.3 Å². The van der Waals surface area contributed by atoms with Crippen LogP contribution in [0.5, 0.6) is 5.75 Å². The average Bonchev–Trinajstić information content (AvgIpc) is 3.24. The zero-order valence-corrected chi connectivity index (χ0v) is 19.8. The second-order valence-corrected chi connectivity index (χ2v) is 9.30. The number of hydrogen-bond acceptors (Lipinski definition) is 3. The summed E-state index contributed by atoms with van der Waals surface area (Å²) in [4.78, 5) is 12.1. The first-order valence-corrected chi connectivity index (χ1v) is 12.4. The van der Waals surface area contributed by atoms with Crippen LogP contribution < -0.4 is 4.74 Å². The SMILES string of the molecule is CCCOc1c(-c2ccsc2C=CC(C)=CC(=O)O)cc(CC)cc1C1CCCCC1. The maximum atomic E-state index is 10.9. The third-order valence-electron chi connectivity index (χ3n) is 5.92. The molecule has 0 unspecified atom stereocenters. The standard InChI is InChI=1S/C27H34O3S/c1-4-14-30-27-23(21-9-7-6-8-10-21)17-20(5-2)18-24(27)22-13-15-31-25(22)12-11-19(3)16-26(28)29/h11-13,15-18,21H,4-10,14H2,1-3H3,(H,28,29). The number of carboxylic acid groups (broad SMARTS) is 1. The van der Waals surface area contributed by atoms with E-state index in [0.29, 0.717) is 12.5 Å². The lowest BCUT2D eigenvalue weighted by Crippen LogP contribution is -2.09. The Labute approximate surface area is 190 Å². The van der Waals surface area contributed by atoms with Crippen LogP contribution in [0.3, 0.4) is 0 Å². The smallest absolute Gasteiger partial charge is 0.328 e. The van der Waals surface area contributed by atoms with Gasteiger partial charge in [0.2, 0.25) is 0 Å². The first-order valence-electron chi connectivity index (χ1n) is 11.5. The summed E-state index contributed by atoms with van der Waals surface area (Å²) < 4.78 is 6.42. The van der Waals surface area contributed by atoms with Crippen molar-refractivity contribution in [3.05, 3.63) is 57.3 Å². The van der Waals surface area contributed by atoms with Crippen molar-refractivity contribution < 1.29 is 14.6 Å². The highest BCUT2D eigenvalue weighted by atomic mass is 32.1. The molecule has 1 saturated carbocycles. The molecule has 0 spiro atoms. The molecule has 0 radical (unpaired) electrons. The molecule has 1 aliphatic carbocycles. The van der Waals surface area contributed by atoms with Crippen molar-refractivity contribution in [2.45, 2.75) is 71.6 Å². The van der Waals surface area contributed by atoms with Crippen molar-refractivity contribution in [2.75, 3.05) is 6.61 Å². The molecule has 0 saturated heterocycles. The molecule has 0 bridgehead atoms. The van der Waals surface area contributed by atoms with Gasteiger partial charge >= 0.3 is 5.97 Å². The first-order chi connectivity index (χ1) is 15.0. The number of rotatable bonds is 9. The normalized spacial score (nSPS) is 15.5. The molecule has 166 valence electrons. The average molecular weight is 439 g/mol. The lowest BCUT2D eigenvalue weighted by Gasteiger charge is -2.26. The van der Waals surface area contributed by atoms with Crippen LogP contribution in [0.15, 0.2) is 41.3 Å². The summed E-state index contributed by atoms with van der Waals surface area (Å²) in [7, 11) is 0. The van der Waals surface area contributed by atoms with Crippen LogP contribution in [0.2, 0.25) is 0 Å². The fourth-order valence-electron chi connectivity index (χ4n) is 4.32. The lowest BCUT2D eigenvalue weighted by atomic mass is 9.81. The Kier molecular flexibility index (Phi) is 8.53. The topological polar surface area (TPSA) is 46.5 Å². The van der Waals surface area contributed by atoms with E-state index in [2.05, 4.69) is 37.4 Å². The molecule has 1 N–H and O–H groups in total. The molecule has 31 heavy (non-hydrogen) atoms. The number of thiophene rings is 1. The van der Waals surface area contributed by atoms with Gasteiger partial charge in [-0.3, -0.25) is 0 Å². The van der Waals surface area contributed by atoms with E-state index in [0.717, 1.165) is 29.0 Å². The maximum absolute atomic E-state index is 10.9. The molecule has 1 heterocycles. The second-order valence-electron chi connectivity index (χ2n) is 8.36. The van der Waals surface area contributed by atoms with Gasteiger partial charge in [0.1, 0.15) is 5.75 Å². The van der Waals surface area contributed by atoms with E-state index in [1.807, 2.05) is 19.1 Å². The third-order valence-corrected chi connectivity index (χ3v) is 6.80. The molecular weight excluding hydrogens is 404 g/mol. The Morgan fingerprint density at radius 3 is 2.65 bits per heavy atom. The van der Waals surface area contributed by atoms with Gasteiger partial charge in [-0.2, -0.15) is 0 Å². The number of benzene rings is 1. The van der Waals surface area contributed by atoms with Crippen molar-refractivity contribution in [1.82, 2.24) is 0 Å². The number of carbonyl (C=O) groups is 1. The Hall–Kier alpha value is -2.33. The van der Waals surface area contributed by atoms with Crippen molar-refractivity contribution in [3.8, 4) is 16.9 Å². The molecule has 1 aliphatic rings. The van der Waals surface area contributed by atoms with Crippen LogP contribution in [-0.2, 0) is 11.2 Å². The van der Waals surface area contributed by atoms with Crippen molar-refractivity contribution in [3.63, 3.8) is 0 Å². The van der Waals surface area contributed by atoms with Gasteiger partial charge in [-0.15, -0.1) is 11.3 Å². The maximum Gasteiger partial charge on any atom is 0.328 e. The van der Waals surface area contributed by atoms with Crippen LogP contribution in [0.25, 0.3) is 17.2 Å². The summed E-state index contributed by atoms with van der Waals surface area (Å²) >= 11 is 1.68. The zero-order valence-electron chi connectivity index (χ0n) is 18.9. The molecular formula is C27H34O3S. The molecule has 0 aliphatic heterocycles. The monoisotopic (exact) mass is 438 g/mol. The summed E-state index contributed by atoms with van der Waals surface area (Å²) in [5, 5.41) is 11.1. The number of allylic oxidation sites excluding steroid dienone is 2. The van der Waals surface area contributed by atoms with Crippen LogP contribution in [0, 0.1) is 0 Å². The van der Waals surface area contributed by atoms with E-state index in [9.17, 15) is 4.79 Å². The lowest BCUT2D eigenvalue weighted by molar-refractivity contribution is -0.131. The van der Waals surface area contributed by atoms with E-state index in [-0.39, 0.29) is 0 Å². The Bertz CT molecular complexity index is 945. The van der Waals surface area contributed by atoms with E-state index in [1.54, 1.807) is 11.3 Å². The zero-order chi connectivity index (χ0) is 22.2. The molecule has 0 atom stereocenters. The number of hydrogen-bond donors (Lipinski definition) is 1. The Balaban J connectivity index is 2.09. The van der Waals surface area contributed by atoms with Gasteiger partial charge in [0, 0.05) is 22.1 Å². The first kappa shape index (κ1) is 23.3. The van der Waals surface area contributed by atoms with Gasteiger partial charge in [0.15, 0.2) is 0 Å². The molecule has 2 aromatic rings. The van der Waals surface area contributed by atoms with Crippen LogP contribution in [-0.4, -0.2) is 17.7 Å². The largest absolute Gasteiger partial charge is 0.493 e. The van der Waals surface area contributed by atoms with Gasteiger partial charge in [-0.05, 0) is 78.8 Å². The number of ether oxygens (including phenoxy) is 1. The molecule has 4 heteroatoms. The van der Waals surface area contributed by atoms with E-state index in [4.69, 9.17) is 9.84 Å². The van der Waals surface area contributed by atoms with Crippen LogP contribution >= 0.6 is 11.3 Å². The predicted octanol–water partition coefficient (Wildman–Crippen LogP) is 7.86. The Morgan fingerprint density at radius 1 is 1.19 bits per heavy atom. The van der Waals surface area contributed by atoms with E-state index < -0.39 is 5.97 Å². The van der Waals surface area contributed by atoms with Gasteiger partial charge in [-0.25, -0.2) is 4.79 Å².